The van der Waals surface area contributed by atoms with Crippen molar-refractivity contribution in [1.82, 2.24) is 5.32 Å². The molecule has 0 amide bonds. The molecule has 3 rings (SSSR count). The number of rotatable bonds is 3. The van der Waals surface area contributed by atoms with E-state index < -0.39 is 5.60 Å². The van der Waals surface area contributed by atoms with Gasteiger partial charge in [-0.15, -0.1) is 0 Å². The molecule has 2 unspecified atom stereocenters. The van der Waals surface area contributed by atoms with Crippen LogP contribution in [0.4, 0.5) is 0 Å². The summed E-state index contributed by atoms with van der Waals surface area (Å²) < 4.78 is 10.8. The Bertz CT molecular complexity index is 415. The zero-order valence-corrected chi connectivity index (χ0v) is 10.4. The average Bonchev–Trinajstić information content (AvgIpc) is 2.84. The minimum Gasteiger partial charge on any atom is -0.386 e. The van der Waals surface area contributed by atoms with Crippen LogP contribution in [0.3, 0.4) is 0 Å². The van der Waals surface area contributed by atoms with E-state index in [2.05, 4.69) is 17.4 Å². The van der Waals surface area contributed by atoms with Gasteiger partial charge < -0.3 is 19.9 Å². The molecule has 0 aromatic heterocycles. The zero-order chi connectivity index (χ0) is 12.4. The van der Waals surface area contributed by atoms with E-state index in [1.54, 1.807) is 0 Å². The minimum atomic E-state index is -0.716. The number of hydrogen-bond acceptors (Lipinski definition) is 4. The van der Waals surface area contributed by atoms with E-state index in [-0.39, 0.29) is 6.04 Å². The van der Waals surface area contributed by atoms with E-state index in [0.29, 0.717) is 39.4 Å². The smallest absolute Gasteiger partial charge is 0.103 e. The Kier molecular flexibility index (Phi) is 3.35. The normalized spacial score (nSPS) is 31.3. The summed E-state index contributed by atoms with van der Waals surface area (Å²) in [5.74, 6) is 0. The molecule has 1 aromatic rings. The zero-order valence-electron chi connectivity index (χ0n) is 10.4. The Morgan fingerprint density at radius 2 is 2.22 bits per heavy atom. The van der Waals surface area contributed by atoms with Gasteiger partial charge in [-0.2, -0.15) is 0 Å². The van der Waals surface area contributed by atoms with Gasteiger partial charge in [0.05, 0.1) is 25.9 Å². The number of ether oxygens (including phenoxy) is 2. The highest BCUT2D eigenvalue weighted by molar-refractivity contribution is 5.31. The summed E-state index contributed by atoms with van der Waals surface area (Å²) in [6, 6.07) is 8.47. The first kappa shape index (κ1) is 12.1. The molecular formula is C14H19NO3. The maximum absolute atomic E-state index is 10.2. The molecule has 4 heteroatoms. The standard InChI is InChI=1S/C14H19NO3/c16-14(5-6-17-10-14)9-15-13-8-18-7-11-3-1-2-4-12(11)13/h1-4,13,15-16H,5-10H2. The summed E-state index contributed by atoms with van der Waals surface area (Å²) in [6.07, 6.45) is 0.704. The van der Waals surface area contributed by atoms with Crippen LogP contribution in [0.2, 0.25) is 0 Å². The van der Waals surface area contributed by atoms with Crippen molar-refractivity contribution in [3.63, 3.8) is 0 Å². The predicted molar refractivity (Wildman–Crippen MR) is 67.2 cm³/mol. The fraction of sp³-hybridized carbons (Fsp3) is 0.571. The van der Waals surface area contributed by atoms with Gasteiger partial charge in [-0.25, -0.2) is 0 Å². The molecule has 4 nitrogen and oxygen atoms in total. The third kappa shape index (κ3) is 2.42. The molecule has 18 heavy (non-hydrogen) atoms. The fourth-order valence-electron chi connectivity index (χ4n) is 2.60. The van der Waals surface area contributed by atoms with E-state index in [9.17, 15) is 5.11 Å². The monoisotopic (exact) mass is 249 g/mol. The van der Waals surface area contributed by atoms with E-state index >= 15 is 0 Å². The lowest BCUT2D eigenvalue weighted by Crippen LogP contribution is -2.44. The molecular weight excluding hydrogens is 230 g/mol. The third-order valence-electron chi connectivity index (χ3n) is 3.73. The third-order valence-corrected chi connectivity index (χ3v) is 3.73. The van der Waals surface area contributed by atoms with Gasteiger partial charge in [-0.1, -0.05) is 24.3 Å². The fourth-order valence-corrected chi connectivity index (χ4v) is 2.60. The average molecular weight is 249 g/mol. The quantitative estimate of drug-likeness (QED) is 0.839. The highest BCUT2D eigenvalue weighted by atomic mass is 16.5. The first-order valence-corrected chi connectivity index (χ1v) is 6.46. The number of hydrogen-bond donors (Lipinski definition) is 2. The van der Waals surface area contributed by atoms with Crippen molar-refractivity contribution in [2.75, 3.05) is 26.4 Å². The maximum atomic E-state index is 10.2. The maximum Gasteiger partial charge on any atom is 0.103 e. The lowest BCUT2D eigenvalue weighted by atomic mass is 9.97. The van der Waals surface area contributed by atoms with Gasteiger partial charge in [-0.3, -0.25) is 0 Å². The van der Waals surface area contributed by atoms with E-state index in [1.165, 1.54) is 11.1 Å². The molecule has 0 radical (unpaired) electrons. The number of nitrogens with one attached hydrogen (secondary N) is 1. The van der Waals surface area contributed by atoms with Gasteiger partial charge in [0, 0.05) is 19.6 Å². The predicted octanol–water partition coefficient (Wildman–Crippen LogP) is 0.999. The van der Waals surface area contributed by atoms with Crippen molar-refractivity contribution in [2.45, 2.75) is 24.7 Å². The molecule has 2 aliphatic heterocycles. The molecule has 1 fully saturated rings. The van der Waals surface area contributed by atoms with Gasteiger partial charge in [-0.05, 0) is 11.1 Å². The van der Waals surface area contributed by atoms with Crippen LogP contribution in [0.25, 0.3) is 0 Å². The molecule has 98 valence electrons. The lowest BCUT2D eigenvalue weighted by Gasteiger charge is -2.30. The second-order valence-corrected chi connectivity index (χ2v) is 5.17. The molecule has 0 aliphatic carbocycles. The van der Waals surface area contributed by atoms with Crippen molar-refractivity contribution >= 4 is 0 Å². The van der Waals surface area contributed by atoms with E-state index in [0.717, 1.165) is 0 Å². The molecule has 2 N–H and O–H groups in total. The molecule has 2 aliphatic rings. The highest BCUT2D eigenvalue weighted by Gasteiger charge is 2.33. The van der Waals surface area contributed by atoms with Crippen LogP contribution < -0.4 is 5.32 Å². The summed E-state index contributed by atoms with van der Waals surface area (Å²) in [5, 5.41) is 13.6. The second-order valence-electron chi connectivity index (χ2n) is 5.17. The second kappa shape index (κ2) is 4.97. The summed E-state index contributed by atoms with van der Waals surface area (Å²) >= 11 is 0. The van der Waals surface area contributed by atoms with Crippen molar-refractivity contribution in [1.29, 1.82) is 0 Å². The largest absolute Gasteiger partial charge is 0.386 e. The van der Waals surface area contributed by atoms with Crippen LogP contribution in [0.5, 0.6) is 0 Å². The molecule has 0 spiro atoms. The number of benzene rings is 1. The van der Waals surface area contributed by atoms with Crippen LogP contribution >= 0.6 is 0 Å². The molecule has 2 heterocycles. The minimum absolute atomic E-state index is 0.166. The van der Waals surface area contributed by atoms with Crippen LogP contribution in [0.15, 0.2) is 24.3 Å². The van der Waals surface area contributed by atoms with Gasteiger partial charge in [0.25, 0.3) is 0 Å². The van der Waals surface area contributed by atoms with Crippen LogP contribution in [-0.2, 0) is 16.1 Å². The van der Waals surface area contributed by atoms with Crippen LogP contribution in [-0.4, -0.2) is 37.1 Å². The first-order valence-electron chi connectivity index (χ1n) is 6.46. The summed E-state index contributed by atoms with van der Waals surface area (Å²) in [5.41, 5.74) is 1.80. The van der Waals surface area contributed by atoms with Crippen molar-refractivity contribution < 1.29 is 14.6 Å². The first-order chi connectivity index (χ1) is 8.77. The van der Waals surface area contributed by atoms with E-state index in [4.69, 9.17) is 9.47 Å². The molecule has 0 saturated carbocycles. The number of fused-ring (bicyclic) bond motifs is 1. The molecule has 1 saturated heterocycles. The van der Waals surface area contributed by atoms with Gasteiger partial charge in [0.1, 0.15) is 5.60 Å². The SMILES string of the molecule is OC1(CNC2COCc3ccccc32)CCOC1. The Hall–Kier alpha value is -0.940. The lowest BCUT2D eigenvalue weighted by molar-refractivity contribution is 0.0168. The molecule has 1 aromatic carbocycles. The molecule has 2 atom stereocenters. The summed E-state index contributed by atoms with van der Waals surface area (Å²) in [7, 11) is 0. The van der Waals surface area contributed by atoms with Gasteiger partial charge in [0.2, 0.25) is 0 Å². The van der Waals surface area contributed by atoms with Crippen LogP contribution in [0.1, 0.15) is 23.6 Å². The Morgan fingerprint density at radius 3 is 3.06 bits per heavy atom. The summed E-state index contributed by atoms with van der Waals surface area (Å²) in [4.78, 5) is 0. The van der Waals surface area contributed by atoms with Crippen molar-refractivity contribution in [2.24, 2.45) is 0 Å². The Balaban J connectivity index is 1.67. The summed E-state index contributed by atoms with van der Waals surface area (Å²) in [6.45, 7) is 2.97. The van der Waals surface area contributed by atoms with Crippen LogP contribution in [0, 0.1) is 0 Å². The van der Waals surface area contributed by atoms with Gasteiger partial charge >= 0.3 is 0 Å². The highest BCUT2D eigenvalue weighted by Crippen LogP contribution is 2.25. The van der Waals surface area contributed by atoms with Gasteiger partial charge in [0.15, 0.2) is 0 Å². The Labute approximate surface area is 107 Å². The Morgan fingerprint density at radius 1 is 1.33 bits per heavy atom. The van der Waals surface area contributed by atoms with E-state index in [1.807, 2.05) is 12.1 Å². The number of aliphatic hydroxyl groups is 1. The molecule has 0 bridgehead atoms. The topological polar surface area (TPSA) is 50.7 Å². The van der Waals surface area contributed by atoms with Crippen molar-refractivity contribution in [3.05, 3.63) is 35.4 Å². The van der Waals surface area contributed by atoms with Crippen molar-refractivity contribution in [3.8, 4) is 0 Å².